The van der Waals surface area contributed by atoms with Gasteiger partial charge in [0, 0.05) is 5.41 Å². The molecule has 2 fully saturated rings. The van der Waals surface area contributed by atoms with E-state index in [2.05, 4.69) is 6.07 Å². The zero-order valence-corrected chi connectivity index (χ0v) is 19.5. The third-order valence-electron chi connectivity index (χ3n) is 8.82. The van der Waals surface area contributed by atoms with Crippen LogP contribution in [-0.2, 0) is 16.8 Å². The number of carbonyl (C=O) groups is 1. The maximum absolute atomic E-state index is 15.7. The summed E-state index contributed by atoms with van der Waals surface area (Å²) in [5.74, 6) is -0.227. The number of alkyl halides is 1. The van der Waals surface area contributed by atoms with Crippen molar-refractivity contribution in [2.75, 3.05) is 6.54 Å². The second-order valence-electron chi connectivity index (χ2n) is 11.1. The Morgan fingerprint density at radius 3 is 2.55 bits per heavy atom. The Bertz CT molecular complexity index is 1040. The summed E-state index contributed by atoms with van der Waals surface area (Å²) < 4.78 is 15.7. The number of nitrogens with zero attached hydrogens (tertiary/aromatic N) is 3. The van der Waals surface area contributed by atoms with Gasteiger partial charge in [-0.2, -0.15) is 5.26 Å². The largest absolute Gasteiger partial charge is 0.393 e. The van der Waals surface area contributed by atoms with Crippen LogP contribution in [0, 0.1) is 28.6 Å². The number of nitriles is 1. The number of hydrogen-bond acceptors (Lipinski definition) is 5. The molecule has 2 spiro atoms. The van der Waals surface area contributed by atoms with Crippen LogP contribution in [0.4, 0.5) is 4.39 Å². The van der Waals surface area contributed by atoms with Crippen LogP contribution in [0.3, 0.4) is 0 Å². The van der Waals surface area contributed by atoms with Crippen molar-refractivity contribution in [3.05, 3.63) is 34.9 Å². The smallest absolute Gasteiger partial charge is 0.262 e. The quantitative estimate of drug-likeness (QED) is 0.716. The summed E-state index contributed by atoms with van der Waals surface area (Å²) >= 11 is 0. The Balaban J connectivity index is 1.63. The number of hydrogen-bond donors (Lipinski definition) is 2. The standard InChI is InChI=1S/C26H33FN4O2/c1-16-11-24(12-17(2)21(16)32)13-19-7-6-18(14-28)10-20(19)26(24)22(33)31(23(29)30-26)15-25(27)8-4-3-5-9-25/h6-7,10,16-17,21,32H,3-5,8-9,11-13,15H2,1-2H3,(H2,29,30)/t16-,17+,21+,24+,26-/m1/s1. The van der Waals surface area contributed by atoms with Crippen LogP contribution in [0.5, 0.6) is 0 Å². The fraction of sp³-hybridized carbons (Fsp3) is 0.654. The summed E-state index contributed by atoms with van der Waals surface area (Å²) in [5, 5.41) is 20.2. The molecule has 3 aliphatic carbocycles. The molecule has 7 heteroatoms. The number of rotatable bonds is 2. The summed E-state index contributed by atoms with van der Waals surface area (Å²) in [6, 6.07) is 7.65. The average molecular weight is 453 g/mol. The van der Waals surface area contributed by atoms with Gasteiger partial charge in [-0.25, -0.2) is 9.38 Å². The van der Waals surface area contributed by atoms with E-state index in [1.165, 1.54) is 4.90 Å². The van der Waals surface area contributed by atoms with Crippen molar-refractivity contribution >= 4 is 11.9 Å². The van der Waals surface area contributed by atoms with Gasteiger partial charge in [-0.3, -0.25) is 9.69 Å². The fourth-order valence-corrected chi connectivity index (χ4v) is 7.35. The van der Waals surface area contributed by atoms with E-state index in [9.17, 15) is 15.2 Å². The molecule has 5 rings (SSSR count). The van der Waals surface area contributed by atoms with Gasteiger partial charge in [-0.1, -0.05) is 39.2 Å². The first-order chi connectivity index (χ1) is 15.6. The van der Waals surface area contributed by atoms with E-state index in [0.29, 0.717) is 37.7 Å². The first-order valence-corrected chi connectivity index (χ1v) is 12.2. The first-order valence-electron chi connectivity index (χ1n) is 12.2. The highest BCUT2D eigenvalue weighted by atomic mass is 19.1. The number of aliphatic hydroxyl groups is 1. The summed E-state index contributed by atoms with van der Waals surface area (Å²) in [5.41, 5.74) is 5.29. The van der Waals surface area contributed by atoms with Gasteiger partial charge >= 0.3 is 0 Å². The van der Waals surface area contributed by atoms with Crippen LogP contribution in [0.2, 0.25) is 0 Å². The lowest BCUT2D eigenvalue weighted by Gasteiger charge is -2.49. The molecule has 0 saturated heterocycles. The zero-order valence-electron chi connectivity index (χ0n) is 19.5. The van der Waals surface area contributed by atoms with Gasteiger partial charge < -0.3 is 10.8 Å². The normalized spacial score (nSPS) is 37.3. The summed E-state index contributed by atoms with van der Waals surface area (Å²) in [6.45, 7) is 3.96. The maximum Gasteiger partial charge on any atom is 0.262 e. The van der Waals surface area contributed by atoms with Crippen molar-refractivity contribution in [1.29, 1.82) is 5.26 Å². The SMILES string of the molecule is C[C@@H]1C[C@@]2(Cc3ccc(C#N)cc3[C@]23N=C(N)N(CC2(F)CCCCC2)C3=O)C[C@H](C)[C@H]1O. The number of carbonyl (C=O) groups excluding carboxylic acids is 1. The van der Waals surface area contributed by atoms with E-state index in [-0.39, 0.29) is 30.2 Å². The average Bonchev–Trinajstić information content (AvgIpc) is 3.18. The molecule has 2 saturated carbocycles. The molecule has 6 nitrogen and oxygen atoms in total. The van der Waals surface area contributed by atoms with Crippen molar-refractivity contribution < 1.29 is 14.3 Å². The van der Waals surface area contributed by atoms with E-state index in [1.807, 2.05) is 19.9 Å². The lowest BCUT2D eigenvalue weighted by Crippen LogP contribution is -2.56. The Morgan fingerprint density at radius 1 is 1.24 bits per heavy atom. The van der Waals surface area contributed by atoms with Gasteiger partial charge in [0.25, 0.3) is 5.91 Å². The van der Waals surface area contributed by atoms with Gasteiger partial charge in [0.1, 0.15) is 5.67 Å². The minimum atomic E-state index is -1.45. The lowest BCUT2D eigenvalue weighted by atomic mass is 9.56. The number of benzene rings is 1. The van der Waals surface area contributed by atoms with Gasteiger partial charge in [0.2, 0.25) is 0 Å². The third kappa shape index (κ3) is 3.13. The summed E-state index contributed by atoms with van der Waals surface area (Å²) in [4.78, 5) is 20.6. The molecule has 33 heavy (non-hydrogen) atoms. The van der Waals surface area contributed by atoms with E-state index in [0.717, 1.165) is 30.4 Å². The molecular formula is C26H33FN4O2. The lowest BCUT2D eigenvalue weighted by molar-refractivity contribution is -0.142. The highest BCUT2D eigenvalue weighted by Crippen LogP contribution is 2.63. The second-order valence-corrected chi connectivity index (χ2v) is 11.1. The molecule has 1 aliphatic heterocycles. The van der Waals surface area contributed by atoms with Crippen LogP contribution < -0.4 is 5.73 Å². The molecule has 0 bridgehead atoms. The predicted molar refractivity (Wildman–Crippen MR) is 123 cm³/mol. The monoisotopic (exact) mass is 452 g/mol. The number of fused-ring (bicyclic) bond motifs is 3. The van der Waals surface area contributed by atoms with Crippen LogP contribution in [0.25, 0.3) is 0 Å². The van der Waals surface area contributed by atoms with Crippen molar-refractivity contribution in [3.63, 3.8) is 0 Å². The minimum Gasteiger partial charge on any atom is -0.393 e. The van der Waals surface area contributed by atoms with Gasteiger partial charge in [0.05, 0.1) is 24.3 Å². The molecule has 1 heterocycles. The molecular weight excluding hydrogens is 419 g/mol. The second kappa shape index (κ2) is 7.53. The number of halogens is 1. The van der Waals surface area contributed by atoms with E-state index >= 15 is 4.39 Å². The van der Waals surface area contributed by atoms with Crippen LogP contribution in [0.1, 0.15) is 75.5 Å². The third-order valence-corrected chi connectivity index (χ3v) is 8.82. The number of amides is 1. The number of guanidine groups is 1. The number of aliphatic hydroxyl groups excluding tert-OH is 1. The minimum absolute atomic E-state index is 0.0143. The van der Waals surface area contributed by atoms with Crippen molar-refractivity contribution in [2.24, 2.45) is 28.0 Å². The molecule has 0 unspecified atom stereocenters. The van der Waals surface area contributed by atoms with Crippen molar-refractivity contribution in [2.45, 2.75) is 82.5 Å². The molecule has 5 atom stereocenters. The highest BCUT2D eigenvalue weighted by Gasteiger charge is 2.68. The molecule has 1 aromatic carbocycles. The molecule has 0 radical (unpaired) electrons. The summed E-state index contributed by atoms with van der Waals surface area (Å²) in [7, 11) is 0. The van der Waals surface area contributed by atoms with Crippen molar-refractivity contribution in [1.82, 2.24) is 4.90 Å². The van der Waals surface area contributed by atoms with Gasteiger partial charge in [-0.15, -0.1) is 0 Å². The van der Waals surface area contributed by atoms with Gasteiger partial charge in [-0.05, 0) is 67.2 Å². The maximum atomic E-state index is 15.7. The Kier molecular flexibility index (Phi) is 5.09. The molecule has 0 aromatic heterocycles. The van der Waals surface area contributed by atoms with E-state index in [4.69, 9.17) is 10.7 Å². The fourth-order valence-electron chi connectivity index (χ4n) is 7.35. The van der Waals surface area contributed by atoms with Crippen LogP contribution in [0.15, 0.2) is 23.2 Å². The Hall–Kier alpha value is -2.46. The Morgan fingerprint density at radius 2 is 1.91 bits per heavy atom. The molecule has 1 aromatic rings. The zero-order chi connectivity index (χ0) is 23.6. The highest BCUT2D eigenvalue weighted by molar-refractivity contribution is 6.08. The number of nitrogens with two attached hydrogens (primary N) is 1. The van der Waals surface area contributed by atoms with E-state index < -0.39 is 22.7 Å². The van der Waals surface area contributed by atoms with Crippen LogP contribution in [-0.4, -0.2) is 40.2 Å². The molecule has 1 amide bonds. The van der Waals surface area contributed by atoms with Crippen LogP contribution >= 0.6 is 0 Å². The predicted octanol–water partition coefficient (Wildman–Crippen LogP) is 3.55. The van der Waals surface area contributed by atoms with E-state index in [1.54, 1.807) is 12.1 Å². The molecule has 3 N–H and O–H groups in total. The first kappa shape index (κ1) is 22.3. The topological polar surface area (TPSA) is 103 Å². The van der Waals surface area contributed by atoms with Gasteiger partial charge in [0.15, 0.2) is 11.5 Å². The number of aliphatic imine (C=N–C) groups is 1. The van der Waals surface area contributed by atoms with Crippen molar-refractivity contribution in [3.8, 4) is 6.07 Å². The Labute approximate surface area is 194 Å². The molecule has 176 valence electrons. The summed E-state index contributed by atoms with van der Waals surface area (Å²) in [6.07, 6.45) is 4.91. The molecule has 4 aliphatic rings.